The minimum atomic E-state index is 0.378. The van der Waals surface area contributed by atoms with E-state index in [9.17, 15) is 0 Å². The molecule has 0 aliphatic carbocycles. The lowest BCUT2D eigenvalue weighted by Crippen LogP contribution is -2.22. The average molecular weight is 294 g/mol. The van der Waals surface area contributed by atoms with E-state index in [1.54, 1.807) is 11.3 Å². The van der Waals surface area contributed by atoms with Crippen LogP contribution in [-0.2, 0) is 6.42 Å². The van der Waals surface area contributed by atoms with E-state index in [4.69, 9.17) is 11.6 Å². The number of nitrogens with one attached hydrogen (secondary N) is 1. The number of hydrogen-bond donors (Lipinski definition) is 1. The van der Waals surface area contributed by atoms with Gasteiger partial charge in [-0.1, -0.05) is 30.7 Å². The Morgan fingerprint density at radius 2 is 2.16 bits per heavy atom. The van der Waals surface area contributed by atoms with Gasteiger partial charge in [0.05, 0.1) is 0 Å². The van der Waals surface area contributed by atoms with Crippen molar-refractivity contribution in [2.24, 2.45) is 0 Å². The van der Waals surface area contributed by atoms with Crippen molar-refractivity contribution < 1.29 is 0 Å². The number of thiophene rings is 1. The molecule has 102 valence electrons. The van der Waals surface area contributed by atoms with E-state index in [-0.39, 0.29) is 0 Å². The van der Waals surface area contributed by atoms with Gasteiger partial charge in [0.25, 0.3) is 0 Å². The topological polar surface area (TPSA) is 12.0 Å². The Kier molecular flexibility index (Phi) is 5.44. The van der Waals surface area contributed by atoms with Crippen LogP contribution in [-0.4, -0.2) is 6.54 Å². The zero-order valence-electron chi connectivity index (χ0n) is 11.4. The summed E-state index contributed by atoms with van der Waals surface area (Å²) in [7, 11) is 0. The van der Waals surface area contributed by atoms with Crippen LogP contribution in [0.5, 0.6) is 0 Å². The fourth-order valence-electron chi connectivity index (χ4n) is 2.36. The maximum Gasteiger partial charge on any atom is 0.0438 e. The minimum Gasteiger partial charge on any atom is -0.310 e. The molecule has 1 heterocycles. The molecule has 1 atom stereocenters. The summed E-state index contributed by atoms with van der Waals surface area (Å²) < 4.78 is 0. The fourth-order valence-corrected chi connectivity index (χ4v) is 3.25. The Morgan fingerprint density at radius 1 is 1.32 bits per heavy atom. The van der Waals surface area contributed by atoms with Crippen LogP contribution in [0, 0.1) is 6.92 Å². The molecule has 0 aliphatic heterocycles. The van der Waals surface area contributed by atoms with Crippen LogP contribution in [0.3, 0.4) is 0 Å². The van der Waals surface area contributed by atoms with Gasteiger partial charge in [-0.05, 0) is 65.9 Å². The summed E-state index contributed by atoms with van der Waals surface area (Å²) >= 11 is 8.00. The largest absolute Gasteiger partial charge is 0.310 e. The van der Waals surface area contributed by atoms with Crippen LogP contribution in [0.25, 0.3) is 0 Å². The first kappa shape index (κ1) is 14.6. The average Bonchev–Trinajstić information content (AvgIpc) is 2.91. The molecule has 0 radical (unpaired) electrons. The molecule has 1 aromatic carbocycles. The molecule has 0 saturated heterocycles. The van der Waals surface area contributed by atoms with Gasteiger partial charge in [-0.25, -0.2) is 0 Å². The molecule has 1 aromatic heterocycles. The maximum atomic E-state index is 6.23. The molecule has 2 rings (SSSR count). The lowest BCUT2D eigenvalue weighted by atomic mass is 9.96. The van der Waals surface area contributed by atoms with Crippen molar-refractivity contribution in [2.45, 2.75) is 32.7 Å². The third-order valence-corrected chi connectivity index (χ3v) is 4.58. The number of aryl methyl sites for hydroxylation is 1. The smallest absolute Gasteiger partial charge is 0.0438 e. The molecule has 0 spiro atoms. The highest BCUT2D eigenvalue weighted by Crippen LogP contribution is 2.27. The predicted molar refractivity (Wildman–Crippen MR) is 85.2 cm³/mol. The molecule has 0 bridgehead atoms. The van der Waals surface area contributed by atoms with Crippen LogP contribution in [0.2, 0.25) is 5.02 Å². The van der Waals surface area contributed by atoms with Gasteiger partial charge < -0.3 is 5.32 Å². The van der Waals surface area contributed by atoms with Crippen LogP contribution < -0.4 is 5.32 Å². The van der Waals surface area contributed by atoms with Gasteiger partial charge >= 0.3 is 0 Å². The zero-order chi connectivity index (χ0) is 13.7. The monoisotopic (exact) mass is 293 g/mol. The minimum absolute atomic E-state index is 0.378. The van der Waals surface area contributed by atoms with E-state index in [1.165, 1.54) is 16.7 Å². The SMILES string of the molecule is CCNC(CCc1ccsc1)c1cccc(Cl)c1C. The normalized spacial score (nSPS) is 12.6. The summed E-state index contributed by atoms with van der Waals surface area (Å²) in [5.41, 5.74) is 3.94. The summed E-state index contributed by atoms with van der Waals surface area (Å²) in [4.78, 5) is 0. The van der Waals surface area contributed by atoms with E-state index < -0.39 is 0 Å². The van der Waals surface area contributed by atoms with Crippen LogP contribution >= 0.6 is 22.9 Å². The van der Waals surface area contributed by atoms with Crippen molar-refractivity contribution in [3.8, 4) is 0 Å². The van der Waals surface area contributed by atoms with Crippen molar-refractivity contribution in [3.05, 3.63) is 56.7 Å². The third kappa shape index (κ3) is 3.82. The van der Waals surface area contributed by atoms with Gasteiger partial charge in [-0.15, -0.1) is 0 Å². The Morgan fingerprint density at radius 3 is 2.84 bits per heavy atom. The molecule has 2 aromatic rings. The van der Waals surface area contributed by atoms with Crippen molar-refractivity contribution in [1.82, 2.24) is 5.32 Å². The van der Waals surface area contributed by atoms with Gasteiger partial charge in [-0.2, -0.15) is 11.3 Å². The van der Waals surface area contributed by atoms with E-state index >= 15 is 0 Å². The summed E-state index contributed by atoms with van der Waals surface area (Å²) in [5, 5.41) is 8.80. The highest BCUT2D eigenvalue weighted by Gasteiger charge is 2.14. The first-order valence-corrected chi connectivity index (χ1v) is 8.04. The standard InChI is InChI=1S/C16H20ClNS/c1-3-18-16(8-7-13-9-10-19-11-13)14-5-4-6-15(17)12(14)2/h4-6,9-11,16,18H,3,7-8H2,1-2H3. The van der Waals surface area contributed by atoms with Crippen molar-refractivity contribution >= 4 is 22.9 Å². The molecule has 3 heteroatoms. The molecule has 0 amide bonds. The second kappa shape index (κ2) is 7.09. The van der Waals surface area contributed by atoms with Crippen molar-refractivity contribution in [1.29, 1.82) is 0 Å². The first-order chi connectivity index (χ1) is 9.22. The van der Waals surface area contributed by atoms with Gasteiger partial charge in [0.2, 0.25) is 0 Å². The second-order valence-corrected chi connectivity index (χ2v) is 5.92. The summed E-state index contributed by atoms with van der Waals surface area (Å²) in [6.07, 6.45) is 2.21. The molecule has 0 fully saturated rings. The van der Waals surface area contributed by atoms with E-state index in [2.05, 4.69) is 42.1 Å². The molecular weight excluding hydrogens is 274 g/mol. The summed E-state index contributed by atoms with van der Waals surface area (Å²) in [6.45, 7) is 5.23. The number of benzene rings is 1. The van der Waals surface area contributed by atoms with Gasteiger partial charge in [0.15, 0.2) is 0 Å². The van der Waals surface area contributed by atoms with Gasteiger partial charge in [0.1, 0.15) is 0 Å². The van der Waals surface area contributed by atoms with E-state index in [1.807, 2.05) is 12.1 Å². The molecule has 1 N–H and O–H groups in total. The quantitative estimate of drug-likeness (QED) is 0.791. The van der Waals surface area contributed by atoms with Crippen LogP contribution in [0.4, 0.5) is 0 Å². The second-order valence-electron chi connectivity index (χ2n) is 4.73. The molecule has 1 nitrogen and oxygen atoms in total. The number of halogens is 1. The Labute approximate surface area is 124 Å². The lowest BCUT2D eigenvalue weighted by molar-refractivity contribution is 0.513. The van der Waals surface area contributed by atoms with Crippen LogP contribution in [0.1, 0.15) is 36.1 Å². The Balaban J connectivity index is 2.12. The van der Waals surface area contributed by atoms with E-state index in [0.717, 1.165) is 24.4 Å². The summed E-state index contributed by atoms with van der Waals surface area (Å²) in [5.74, 6) is 0. The molecule has 0 saturated carbocycles. The summed E-state index contributed by atoms with van der Waals surface area (Å²) in [6, 6.07) is 8.77. The zero-order valence-corrected chi connectivity index (χ0v) is 13.0. The highest BCUT2D eigenvalue weighted by molar-refractivity contribution is 7.07. The molecule has 1 unspecified atom stereocenters. The highest BCUT2D eigenvalue weighted by atomic mass is 35.5. The number of hydrogen-bond acceptors (Lipinski definition) is 2. The molecule has 19 heavy (non-hydrogen) atoms. The van der Waals surface area contributed by atoms with Gasteiger partial charge in [-0.3, -0.25) is 0 Å². The van der Waals surface area contributed by atoms with Crippen molar-refractivity contribution in [3.63, 3.8) is 0 Å². The first-order valence-electron chi connectivity index (χ1n) is 6.71. The van der Waals surface area contributed by atoms with Gasteiger partial charge in [0, 0.05) is 11.1 Å². The Bertz CT molecular complexity index is 507. The molecule has 0 aliphatic rings. The lowest BCUT2D eigenvalue weighted by Gasteiger charge is -2.20. The van der Waals surface area contributed by atoms with Crippen molar-refractivity contribution in [2.75, 3.05) is 6.54 Å². The fraction of sp³-hybridized carbons (Fsp3) is 0.375. The maximum absolute atomic E-state index is 6.23. The predicted octanol–water partition coefficient (Wildman–Crippen LogP) is 4.99. The molecular formula is C16H20ClNS. The number of rotatable bonds is 6. The van der Waals surface area contributed by atoms with Crippen LogP contribution in [0.15, 0.2) is 35.0 Å². The van der Waals surface area contributed by atoms with E-state index in [0.29, 0.717) is 6.04 Å². The Hall–Kier alpha value is -0.830. The third-order valence-electron chi connectivity index (χ3n) is 3.44.